The number of thiazole rings is 1. The molecular formula is C22H15Br2N3OS. The number of fused-ring (bicyclic) bond motifs is 1. The molecule has 4 rings (SSSR count). The number of aryl methyl sites for hydroxylation is 1. The second kappa shape index (κ2) is 8.57. The first-order valence-corrected chi connectivity index (χ1v) is 11.2. The maximum absolute atomic E-state index is 13.2. The third-order valence-corrected chi connectivity index (χ3v) is 6.22. The lowest BCUT2D eigenvalue weighted by molar-refractivity contribution is 0.0988. The molecule has 144 valence electrons. The molecule has 0 aliphatic heterocycles. The Morgan fingerprint density at radius 1 is 1.00 bits per heavy atom. The highest BCUT2D eigenvalue weighted by atomic mass is 79.9. The van der Waals surface area contributed by atoms with Gasteiger partial charge in [0.15, 0.2) is 0 Å². The van der Waals surface area contributed by atoms with E-state index in [2.05, 4.69) is 41.9 Å². The SMILES string of the molecule is Cc1ccc(C(=O)N(/N=C/c2ccc(Br)cc2)c2nc3ccc(Br)cc3s2)cc1. The fourth-order valence-electron chi connectivity index (χ4n) is 2.66. The van der Waals surface area contributed by atoms with E-state index >= 15 is 0 Å². The highest BCUT2D eigenvalue weighted by Crippen LogP contribution is 2.32. The Kier molecular flexibility index (Phi) is 5.89. The monoisotopic (exact) mass is 527 g/mol. The van der Waals surface area contributed by atoms with E-state index in [9.17, 15) is 4.79 Å². The smallest absolute Gasteiger partial charge is 0.267 e. The molecular weight excluding hydrogens is 514 g/mol. The predicted octanol–water partition coefficient (Wildman–Crippen LogP) is 6.81. The summed E-state index contributed by atoms with van der Waals surface area (Å²) in [6.07, 6.45) is 1.67. The van der Waals surface area contributed by atoms with Gasteiger partial charge in [-0.2, -0.15) is 10.1 Å². The number of anilines is 1. The highest BCUT2D eigenvalue weighted by molar-refractivity contribution is 9.10. The molecule has 3 aromatic carbocycles. The van der Waals surface area contributed by atoms with E-state index in [1.807, 2.05) is 73.7 Å². The molecule has 4 aromatic rings. The first kappa shape index (κ1) is 19.9. The van der Waals surface area contributed by atoms with Crippen LogP contribution in [0.1, 0.15) is 21.5 Å². The molecule has 0 fully saturated rings. The van der Waals surface area contributed by atoms with Gasteiger partial charge in [-0.15, -0.1) is 0 Å². The summed E-state index contributed by atoms with van der Waals surface area (Å²) in [5, 5.41) is 6.38. The number of amides is 1. The van der Waals surface area contributed by atoms with Crippen LogP contribution in [0.5, 0.6) is 0 Å². The summed E-state index contributed by atoms with van der Waals surface area (Å²) in [6.45, 7) is 1.99. The number of nitrogens with zero attached hydrogens (tertiary/aromatic N) is 3. The van der Waals surface area contributed by atoms with E-state index < -0.39 is 0 Å². The van der Waals surface area contributed by atoms with E-state index in [-0.39, 0.29) is 5.91 Å². The molecule has 0 N–H and O–H groups in total. The maximum atomic E-state index is 13.2. The lowest BCUT2D eigenvalue weighted by Gasteiger charge is -2.14. The molecule has 0 saturated heterocycles. The van der Waals surface area contributed by atoms with Crippen molar-refractivity contribution in [3.8, 4) is 0 Å². The van der Waals surface area contributed by atoms with E-state index in [0.717, 1.165) is 30.3 Å². The van der Waals surface area contributed by atoms with Gasteiger partial charge in [0.2, 0.25) is 5.13 Å². The van der Waals surface area contributed by atoms with Crippen LogP contribution in [-0.4, -0.2) is 17.1 Å². The van der Waals surface area contributed by atoms with Gasteiger partial charge in [-0.3, -0.25) is 4.79 Å². The summed E-state index contributed by atoms with van der Waals surface area (Å²) in [5.41, 5.74) is 3.37. The molecule has 0 radical (unpaired) electrons. The van der Waals surface area contributed by atoms with Crippen LogP contribution in [0.2, 0.25) is 0 Å². The Morgan fingerprint density at radius 3 is 2.41 bits per heavy atom. The second-order valence-electron chi connectivity index (χ2n) is 6.39. The van der Waals surface area contributed by atoms with Crippen LogP contribution in [0.3, 0.4) is 0 Å². The van der Waals surface area contributed by atoms with Crippen molar-refractivity contribution in [2.24, 2.45) is 5.10 Å². The maximum Gasteiger partial charge on any atom is 0.280 e. The fraction of sp³-hybridized carbons (Fsp3) is 0.0455. The topological polar surface area (TPSA) is 45.6 Å². The number of benzene rings is 3. The van der Waals surface area contributed by atoms with Crippen LogP contribution in [-0.2, 0) is 0 Å². The van der Waals surface area contributed by atoms with Crippen LogP contribution >= 0.6 is 43.2 Å². The standard InChI is InChI=1S/C22H15Br2N3OS/c1-14-2-6-16(7-3-14)21(28)27(25-13-15-4-8-17(23)9-5-15)22-26-19-11-10-18(24)12-20(19)29-22/h2-13H,1H3/b25-13+. The lowest BCUT2D eigenvalue weighted by Crippen LogP contribution is -2.25. The summed E-state index contributed by atoms with van der Waals surface area (Å²) in [6, 6.07) is 21.0. The van der Waals surface area contributed by atoms with Crippen LogP contribution in [0.25, 0.3) is 10.2 Å². The summed E-state index contributed by atoms with van der Waals surface area (Å²) >= 11 is 8.34. The minimum atomic E-state index is -0.225. The third kappa shape index (κ3) is 4.63. The average Bonchev–Trinajstić information content (AvgIpc) is 3.12. The Bertz CT molecular complexity index is 1200. The highest BCUT2D eigenvalue weighted by Gasteiger charge is 2.21. The van der Waals surface area contributed by atoms with Gasteiger partial charge in [0.25, 0.3) is 5.91 Å². The largest absolute Gasteiger partial charge is 0.280 e. The third-order valence-electron chi connectivity index (χ3n) is 4.20. The van der Waals surface area contributed by atoms with E-state index in [0.29, 0.717) is 10.7 Å². The average molecular weight is 529 g/mol. The first-order chi connectivity index (χ1) is 14.0. The molecule has 0 saturated carbocycles. The number of halogens is 2. The summed E-state index contributed by atoms with van der Waals surface area (Å²) < 4.78 is 2.93. The number of aromatic nitrogens is 1. The number of hydrogen-bond acceptors (Lipinski definition) is 4. The van der Waals surface area contributed by atoms with Gasteiger partial charge < -0.3 is 0 Å². The van der Waals surface area contributed by atoms with Crippen molar-refractivity contribution < 1.29 is 4.79 Å². The normalized spacial score (nSPS) is 11.3. The zero-order valence-corrected chi connectivity index (χ0v) is 19.3. The summed E-state index contributed by atoms with van der Waals surface area (Å²) in [7, 11) is 0. The number of hydrogen-bond donors (Lipinski definition) is 0. The van der Waals surface area contributed by atoms with E-state index in [4.69, 9.17) is 0 Å². The van der Waals surface area contributed by atoms with Crippen LogP contribution in [0, 0.1) is 6.92 Å². The van der Waals surface area contributed by atoms with Gasteiger partial charge in [0, 0.05) is 14.5 Å². The van der Waals surface area contributed by atoms with Gasteiger partial charge in [0.05, 0.1) is 16.4 Å². The van der Waals surface area contributed by atoms with Crippen molar-refractivity contribution in [2.45, 2.75) is 6.92 Å². The zero-order valence-electron chi connectivity index (χ0n) is 15.3. The fourth-order valence-corrected chi connectivity index (χ4v) is 4.40. The van der Waals surface area contributed by atoms with Crippen molar-refractivity contribution in [2.75, 3.05) is 5.01 Å². The lowest BCUT2D eigenvalue weighted by atomic mass is 10.1. The Hall–Kier alpha value is -2.35. The zero-order chi connectivity index (χ0) is 20.4. The van der Waals surface area contributed by atoms with Crippen molar-refractivity contribution >= 4 is 70.7 Å². The van der Waals surface area contributed by atoms with Crippen LogP contribution in [0.4, 0.5) is 5.13 Å². The number of rotatable bonds is 4. The van der Waals surface area contributed by atoms with Crippen molar-refractivity contribution in [1.82, 2.24) is 4.98 Å². The molecule has 7 heteroatoms. The van der Waals surface area contributed by atoms with Crippen LogP contribution < -0.4 is 5.01 Å². The minimum absolute atomic E-state index is 0.225. The van der Waals surface area contributed by atoms with Gasteiger partial charge in [-0.1, -0.05) is 73.0 Å². The molecule has 4 nitrogen and oxygen atoms in total. The minimum Gasteiger partial charge on any atom is -0.267 e. The van der Waals surface area contributed by atoms with Crippen molar-refractivity contribution in [1.29, 1.82) is 0 Å². The number of carbonyl (C=O) groups excluding carboxylic acids is 1. The molecule has 0 unspecified atom stereocenters. The van der Waals surface area contributed by atoms with Crippen LogP contribution in [0.15, 0.2) is 80.8 Å². The molecule has 1 amide bonds. The molecule has 0 aliphatic carbocycles. The Morgan fingerprint density at radius 2 is 1.69 bits per heavy atom. The van der Waals surface area contributed by atoms with Crippen molar-refractivity contribution in [3.63, 3.8) is 0 Å². The summed E-state index contributed by atoms with van der Waals surface area (Å²) in [4.78, 5) is 17.9. The molecule has 0 aliphatic rings. The number of carbonyl (C=O) groups is 1. The van der Waals surface area contributed by atoms with E-state index in [1.54, 1.807) is 6.21 Å². The second-order valence-corrected chi connectivity index (χ2v) is 9.23. The molecule has 1 aromatic heterocycles. The van der Waals surface area contributed by atoms with Gasteiger partial charge in [-0.05, 0) is 55.0 Å². The molecule has 1 heterocycles. The van der Waals surface area contributed by atoms with Crippen molar-refractivity contribution in [3.05, 3.63) is 92.4 Å². The van der Waals surface area contributed by atoms with Gasteiger partial charge in [-0.25, -0.2) is 4.98 Å². The van der Waals surface area contributed by atoms with Gasteiger partial charge >= 0.3 is 0 Å². The molecule has 0 atom stereocenters. The number of hydrazone groups is 1. The first-order valence-electron chi connectivity index (χ1n) is 8.76. The molecule has 0 spiro atoms. The van der Waals surface area contributed by atoms with E-state index in [1.165, 1.54) is 16.3 Å². The summed E-state index contributed by atoms with van der Waals surface area (Å²) in [5.74, 6) is -0.225. The molecule has 0 bridgehead atoms. The predicted molar refractivity (Wildman–Crippen MR) is 127 cm³/mol. The molecule has 29 heavy (non-hydrogen) atoms. The Labute approximate surface area is 189 Å². The Balaban J connectivity index is 1.75. The van der Waals surface area contributed by atoms with Gasteiger partial charge in [0.1, 0.15) is 0 Å². The quantitative estimate of drug-likeness (QED) is 0.216.